The molecule has 0 saturated carbocycles. The van der Waals surface area contributed by atoms with Crippen LogP contribution in [0.25, 0.3) is 0 Å². The molecule has 1 atom stereocenters. The van der Waals surface area contributed by atoms with Gasteiger partial charge >= 0.3 is 0 Å². The van der Waals surface area contributed by atoms with Gasteiger partial charge < -0.3 is 10.3 Å². The summed E-state index contributed by atoms with van der Waals surface area (Å²) in [6.45, 7) is 2.95. The number of hydrogen-bond donors (Lipinski definition) is 1. The number of nitrogens with zero attached hydrogens (tertiary/aromatic N) is 2. The fourth-order valence-electron chi connectivity index (χ4n) is 2.11. The zero-order valence-electron chi connectivity index (χ0n) is 10.8. The summed E-state index contributed by atoms with van der Waals surface area (Å²) in [5.74, 6) is 0.384. The van der Waals surface area contributed by atoms with Gasteiger partial charge in [-0.1, -0.05) is 30.7 Å². The van der Waals surface area contributed by atoms with Gasteiger partial charge in [0.05, 0.1) is 11.1 Å². The highest BCUT2D eigenvalue weighted by Crippen LogP contribution is 2.22. The number of benzene rings is 1. The Morgan fingerprint density at radius 2 is 2.26 bits per heavy atom. The van der Waals surface area contributed by atoms with Gasteiger partial charge in [-0.3, -0.25) is 0 Å². The predicted octanol–water partition coefficient (Wildman–Crippen LogP) is 3.33. The van der Waals surface area contributed by atoms with Crippen LogP contribution in [0.4, 0.5) is 4.39 Å². The van der Waals surface area contributed by atoms with Gasteiger partial charge in [-0.05, 0) is 24.5 Å². The zero-order chi connectivity index (χ0) is 13.8. The molecule has 1 heterocycles. The molecule has 0 aliphatic rings. The van der Waals surface area contributed by atoms with Crippen LogP contribution in [0.5, 0.6) is 0 Å². The lowest BCUT2D eigenvalue weighted by atomic mass is 10.1. The Labute approximate surface area is 117 Å². The third-order valence-electron chi connectivity index (χ3n) is 3.02. The van der Waals surface area contributed by atoms with Crippen molar-refractivity contribution in [1.82, 2.24) is 9.55 Å². The van der Waals surface area contributed by atoms with Crippen molar-refractivity contribution in [3.63, 3.8) is 0 Å². The van der Waals surface area contributed by atoms with E-state index in [1.165, 1.54) is 6.07 Å². The highest BCUT2D eigenvalue weighted by atomic mass is 35.5. The van der Waals surface area contributed by atoms with E-state index in [9.17, 15) is 4.39 Å². The predicted molar refractivity (Wildman–Crippen MR) is 74.6 cm³/mol. The van der Waals surface area contributed by atoms with Crippen molar-refractivity contribution in [2.75, 3.05) is 0 Å². The Balaban J connectivity index is 2.18. The second-order valence-electron chi connectivity index (χ2n) is 4.50. The molecular weight excluding hydrogens is 265 g/mol. The van der Waals surface area contributed by atoms with Crippen molar-refractivity contribution in [3.8, 4) is 0 Å². The number of hydrogen-bond acceptors (Lipinski definition) is 2. The van der Waals surface area contributed by atoms with E-state index in [0.29, 0.717) is 12.0 Å². The van der Waals surface area contributed by atoms with E-state index in [1.807, 2.05) is 10.8 Å². The second kappa shape index (κ2) is 6.17. The molecule has 0 fully saturated rings. The average Bonchev–Trinajstić information content (AvgIpc) is 2.84. The Bertz CT molecular complexity index is 553. The molecule has 2 N–H and O–H groups in total. The van der Waals surface area contributed by atoms with E-state index in [4.69, 9.17) is 17.3 Å². The van der Waals surface area contributed by atoms with Gasteiger partial charge in [0.15, 0.2) is 0 Å². The standard InChI is InChI=1S/C14H17ClFN3/c1-2-7-19-8-6-18-14(19)12(17)9-10-4-3-5-11(15)13(10)16/h3-6,8,12H,2,7,9,17H2,1H3. The molecule has 2 rings (SSSR count). The van der Waals surface area contributed by atoms with Gasteiger partial charge in [0.2, 0.25) is 0 Å². The number of imidazole rings is 1. The second-order valence-corrected chi connectivity index (χ2v) is 4.91. The van der Waals surface area contributed by atoms with Gasteiger partial charge in [0, 0.05) is 18.9 Å². The molecule has 102 valence electrons. The molecule has 3 nitrogen and oxygen atoms in total. The maximum Gasteiger partial charge on any atom is 0.145 e. The summed E-state index contributed by atoms with van der Waals surface area (Å²) in [6, 6.07) is 4.62. The normalized spacial score (nSPS) is 12.6. The first-order chi connectivity index (χ1) is 9.13. The first-order valence-corrected chi connectivity index (χ1v) is 6.70. The largest absolute Gasteiger partial charge is 0.334 e. The topological polar surface area (TPSA) is 43.8 Å². The zero-order valence-corrected chi connectivity index (χ0v) is 11.6. The highest BCUT2D eigenvalue weighted by molar-refractivity contribution is 6.30. The average molecular weight is 282 g/mol. The Hall–Kier alpha value is -1.39. The minimum atomic E-state index is -0.395. The molecule has 5 heteroatoms. The minimum absolute atomic E-state index is 0.126. The molecule has 2 aromatic rings. The third-order valence-corrected chi connectivity index (χ3v) is 3.31. The summed E-state index contributed by atoms with van der Waals surface area (Å²) in [5, 5.41) is 0.126. The van der Waals surface area contributed by atoms with Gasteiger partial charge in [0.1, 0.15) is 11.6 Å². The molecule has 1 aromatic heterocycles. The maximum atomic E-state index is 13.8. The molecule has 1 unspecified atom stereocenters. The van der Waals surface area contributed by atoms with Crippen molar-refractivity contribution in [2.24, 2.45) is 5.73 Å². The highest BCUT2D eigenvalue weighted by Gasteiger charge is 2.16. The van der Waals surface area contributed by atoms with Crippen molar-refractivity contribution < 1.29 is 4.39 Å². The van der Waals surface area contributed by atoms with E-state index in [-0.39, 0.29) is 11.1 Å². The number of aromatic nitrogens is 2. The van der Waals surface area contributed by atoms with Crippen LogP contribution in [0.1, 0.15) is 30.8 Å². The summed E-state index contributed by atoms with van der Waals surface area (Å²) in [4.78, 5) is 4.27. The Kier molecular flexibility index (Phi) is 4.56. The van der Waals surface area contributed by atoms with Crippen molar-refractivity contribution in [3.05, 3.63) is 52.8 Å². The van der Waals surface area contributed by atoms with E-state index in [2.05, 4.69) is 11.9 Å². The maximum absolute atomic E-state index is 13.8. The van der Waals surface area contributed by atoms with E-state index < -0.39 is 5.82 Å². The van der Waals surface area contributed by atoms with Crippen LogP contribution in [-0.2, 0) is 13.0 Å². The molecule has 0 spiro atoms. The van der Waals surface area contributed by atoms with Crippen molar-refractivity contribution in [2.45, 2.75) is 32.4 Å². The van der Waals surface area contributed by atoms with Crippen LogP contribution in [0.2, 0.25) is 5.02 Å². The fraction of sp³-hybridized carbons (Fsp3) is 0.357. The van der Waals surface area contributed by atoms with E-state index in [0.717, 1.165) is 18.8 Å². The van der Waals surface area contributed by atoms with Crippen LogP contribution in [0.15, 0.2) is 30.6 Å². The quantitative estimate of drug-likeness (QED) is 0.913. The Morgan fingerprint density at radius 1 is 1.47 bits per heavy atom. The first-order valence-electron chi connectivity index (χ1n) is 6.33. The summed E-state index contributed by atoms with van der Waals surface area (Å²) in [7, 11) is 0. The molecule has 0 bridgehead atoms. The lowest BCUT2D eigenvalue weighted by molar-refractivity contribution is 0.553. The Morgan fingerprint density at radius 3 is 3.00 bits per heavy atom. The van der Waals surface area contributed by atoms with Crippen LogP contribution < -0.4 is 5.73 Å². The lowest BCUT2D eigenvalue weighted by Crippen LogP contribution is -2.19. The number of rotatable bonds is 5. The summed E-state index contributed by atoms with van der Waals surface area (Å²) >= 11 is 5.77. The summed E-state index contributed by atoms with van der Waals surface area (Å²) < 4.78 is 15.8. The third kappa shape index (κ3) is 3.14. The van der Waals surface area contributed by atoms with Crippen LogP contribution in [-0.4, -0.2) is 9.55 Å². The van der Waals surface area contributed by atoms with E-state index >= 15 is 0 Å². The van der Waals surface area contributed by atoms with Crippen LogP contribution in [0.3, 0.4) is 0 Å². The van der Waals surface area contributed by atoms with Crippen molar-refractivity contribution >= 4 is 11.6 Å². The number of aryl methyl sites for hydroxylation is 1. The molecule has 0 aliphatic heterocycles. The SMILES string of the molecule is CCCn1ccnc1C(N)Cc1cccc(Cl)c1F. The lowest BCUT2D eigenvalue weighted by Gasteiger charge is -2.14. The van der Waals surface area contributed by atoms with Crippen LogP contribution in [0, 0.1) is 5.82 Å². The van der Waals surface area contributed by atoms with Gasteiger partial charge in [0.25, 0.3) is 0 Å². The first kappa shape index (κ1) is 14.0. The molecule has 0 radical (unpaired) electrons. The van der Waals surface area contributed by atoms with E-state index in [1.54, 1.807) is 18.3 Å². The monoisotopic (exact) mass is 281 g/mol. The molecule has 1 aromatic carbocycles. The van der Waals surface area contributed by atoms with Crippen molar-refractivity contribution in [1.29, 1.82) is 0 Å². The van der Waals surface area contributed by atoms with Crippen LogP contribution >= 0.6 is 11.6 Å². The molecular formula is C14H17ClFN3. The fourth-order valence-corrected chi connectivity index (χ4v) is 2.31. The summed E-state index contributed by atoms with van der Waals surface area (Å²) in [6.07, 6.45) is 5.00. The minimum Gasteiger partial charge on any atom is -0.334 e. The molecule has 19 heavy (non-hydrogen) atoms. The molecule has 0 saturated heterocycles. The molecule has 0 amide bonds. The number of nitrogens with two attached hydrogens (primary N) is 1. The number of halogens is 2. The summed E-state index contributed by atoms with van der Waals surface area (Å²) in [5.41, 5.74) is 6.65. The van der Waals surface area contributed by atoms with Gasteiger partial charge in [-0.25, -0.2) is 9.37 Å². The molecule has 0 aliphatic carbocycles. The van der Waals surface area contributed by atoms with Gasteiger partial charge in [-0.2, -0.15) is 0 Å². The van der Waals surface area contributed by atoms with Gasteiger partial charge in [-0.15, -0.1) is 0 Å². The smallest absolute Gasteiger partial charge is 0.145 e.